The smallest absolute Gasteiger partial charge is 0.124 e. The molecule has 0 saturated carbocycles. The van der Waals surface area contributed by atoms with Crippen molar-refractivity contribution in [2.45, 2.75) is 19.3 Å². The maximum Gasteiger partial charge on any atom is 0.124 e. The number of hydroxylamine groups is 1. The van der Waals surface area contributed by atoms with Crippen LogP contribution in [0.15, 0.2) is 11.8 Å². The number of nitrogens with one attached hydrogen (secondary N) is 1. The fourth-order valence-corrected chi connectivity index (χ4v) is 1.47. The van der Waals surface area contributed by atoms with Crippen molar-refractivity contribution in [3.05, 3.63) is 11.8 Å². The van der Waals surface area contributed by atoms with E-state index in [1.807, 2.05) is 0 Å². The second-order valence-corrected chi connectivity index (χ2v) is 2.68. The van der Waals surface area contributed by atoms with Gasteiger partial charge in [-0.05, 0) is 25.3 Å². The zero-order valence-electron chi connectivity index (χ0n) is 6.10. The van der Waals surface area contributed by atoms with Gasteiger partial charge >= 0.3 is 0 Å². The second-order valence-electron chi connectivity index (χ2n) is 2.68. The summed E-state index contributed by atoms with van der Waals surface area (Å²) in [7, 11) is 0. The average Bonchev–Trinajstić information content (AvgIpc) is 2.33. The summed E-state index contributed by atoms with van der Waals surface area (Å²) in [5.74, 6) is 1.87. The molecule has 58 valence electrons. The molecule has 4 N–H and O–H groups in total. The van der Waals surface area contributed by atoms with Crippen LogP contribution in [0.4, 0.5) is 0 Å². The van der Waals surface area contributed by atoms with E-state index in [2.05, 4.69) is 11.6 Å². The van der Waals surface area contributed by atoms with Gasteiger partial charge in [-0.1, -0.05) is 0 Å². The first-order chi connectivity index (χ1) is 4.47. The van der Waals surface area contributed by atoms with Gasteiger partial charge in [0.05, 0.1) is 0 Å². The summed E-state index contributed by atoms with van der Waals surface area (Å²) >= 11 is 0. The molecule has 0 aromatic carbocycles. The molecule has 3 nitrogen and oxygen atoms in total. The van der Waals surface area contributed by atoms with Crippen molar-refractivity contribution >= 4 is 0 Å². The molecular formula is C7H14N2O. The first-order valence-electron chi connectivity index (χ1n) is 3.56. The van der Waals surface area contributed by atoms with Crippen LogP contribution in [0.2, 0.25) is 0 Å². The minimum absolute atomic E-state index is 0. The molecule has 2 rings (SSSR count). The summed E-state index contributed by atoms with van der Waals surface area (Å²) in [5.41, 5.74) is 2.90. The quantitative estimate of drug-likeness (QED) is 0.537. The Labute approximate surface area is 61.0 Å². The Bertz CT molecular complexity index is 145. The van der Waals surface area contributed by atoms with Crippen LogP contribution >= 0.6 is 0 Å². The lowest BCUT2D eigenvalue weighted by atomic mass is 9.95. The van der Waals surface area contributed by atoms with E-state index in [1.54, 1.807) is 0 Å². The Morgan fingerprint density at radius 1 is 1.60 bits per heavy atom. The van der Waals surface area contributed by atoms with Crippen LogP contribution in [-0.4, -0.2) is 6.54 Å². The van der Waals surface area contributed by atoms with Crippen molar-refractivity contribution in [1.82, 2.24) is 11.6 Å². The zero-order valence-corrected chi connectivity index (χ0v) is 6.10. The van der Waals surface area contributed by atoms with Crippen LogP contribution < -0.4 is 11.6 Å². The van der Waals surface area contributed by atoms with E-state index in [0.717, 1.165) is 6.54 Å². The van der Waals surface area contributed by atoms with E-state index < -0.39 is 0 Å². The lowest BCUT2D eigenvalue weighted by Crippen LogP contribution is -2.08. The summed E-state index contributed by atoms with van der Waals surface area (Å²) in [4.78, 5) is 5.17. The number of fused-ring (bicyclic) bond motifs is 1. The molecule has 0 radical (unpaired) electrons. The van der Waals surface area contributed by atoms with Crippen molar-refractivity contribution in [3.63, 3.8) is 0 Å². The van der Waals surface area contributed by atoms with Crippen LogP contribution in [0.1, 0.15) is 19.3 Å². The number of allylic oxidation sites excluding steroid dienone is 1. The van der Waals surface area contributed by atoms with Gasteiger partial charge in [0.15, 0.2) is 0 Å². The number of hydrogen-bond acceptors (Lipinski definition) is 3. The zero-order chi connectivity index (χ0) is 6.10. The van der Waals surface area contributed by atoms with E-state index in [9.17, 15) is 0 Å². The molecule has 1 fully saturated rings. The minimum Gasteiger partial charge on any atom is -0.413 e. The van der Waals surface area contributed by atoms with Crippen LogP contribution in [0.3, 0.4) is 0 Å². The second kappa shape index (κ2) is 3.03. The maximum absolute atomic E-state index is 5.17. The van der Waals surface area contributed by atoms with Gasteiger partial charge in [0, 0.05) is 12.5 Å². The van der Waals surface area contributed by atoms with E-state index in [4.69, 9.17) is 4.84 Å². The topological polar surface area (TPSA) is 56.3 Å². The van der Waals surface area contributed by atoms with E-state index in [0.29, 0.717) is 5.92 Å². The Hall–Kier alpha value is -0.540. The molecule has 1 heterocycles. The average molecular weight is 142 g/mol. The Kier molecular flexibility index (Phi) is 2.29. The molecular weight excluding hydrogens is 128 g/mol. The fourth-order valence-electron chi connectivity index (χ4n) is 1.47. The summed E-state index contributed by atoms with van der Waals surface area (Å²) in [5, 5.41) is 0. The Morgan fingerprint density at radius 2 is 2.50 bits per heavy atom. The summed E-state index contributed by atoms with van der Waals surface area (Å²) in [6.07, 6.45) is 6.04. The molecule has 2 aliphatic rings. The van der Waals surface area contributed by atoms with Gasteiger partial charge in [-0.2, -0.15) is 5.48 Å². The molecule has 1 saturated heterocycles. The molecule has 3 heteroatoms. The fraction of sp³-hybridized carbons (Fsp3) is 0.714. The monoisotopic (exact) mass is 142 g/mol. The third-order valence-electron chi connectivity index (χ3n) is 2.02. The van der Waals surface area contributed by atoms with Gasteiger partial charge in [0.1, 0.15) is 5.76 Å². The lowest BCUT2D eigenvalue weighted by molar-refractivity contribution is 0.152. The first-order valence-corrected chi connectivity index (χ1v) is 3.56. The largest absolute Gasteiger partial charge is 0.413 e. The van der Waals surface area contributed by atoms with Crippen LogP contribution in [-0.2, 0) is 4.84 Å². The lowest BCUT2D eigenvalue weighted by Gasteiger charge is -2.11. The van der Waals surface area contributed by atoms with Gasteiger partial charge in [-0.15, -0.1) is 0 Å². The SMILES string of the molecule is C1=C2ONCC2CCC1.N. The highest BCUT2D eigenvalue weighted by Gasteiger charge is 2.24. The van der Waals surface area contributed by atoms with Gasteiger partial charge in [0.2, 0.25) is 0 Å². The molecule has 0 aromatic rings. The molecule has 1 aliphatic heterocycles. The number of rotatable bonds is 0. The van der Waals surface area contributed by atoms with Crippen molar-refractivity contribution in [2.75, 3.05) is 6.54 Å². The molecule has 0 aromatic heterocycles. The highest BCUT2D eigenvalue weighted by molar-refractivity contribution is 5.05. The Morgan fingerprint density at radius 3 is 3.30 bits per heavy atom. The third kappa shape index (κ3) is 1.15. The summed E-state index contributed by atoms with van der Waals surface area (Å²) in [6.45, 7) is 1.02. The van der Waals surface area contributed by atoms with Crippen LogP contribution in [0.25, 0.3) is 0 Å². The van der Waals surface area contributed by atoms with Crippen molar-refractivity contribution in [3.8, 4) is 0 Å². The highest BCUT2D eigenvalue weighted by Crippen LogP contribution is 2.27. The predicted molar refractivity (Wildman–Crippen MR) is 39.5 cm³/mol. The summed E-state index contributed by atoms with van der Waals surface area (Å²) < 4.78 is 0. The molecule has 0 spiro atoms. The summed E-state index contributed by atoms with van der Waals surface area (Å²) in [6, 6.07) is 0. The first kappa shape index (κ1) is 7.57. The van der Waals surface area contributed by atoms with Gasteiger partial charge in [-0.25, -0.2) is 0 Å². The highest BCUT2D eigenvalue weighted by atomic mass is 16.7. The maximum atomic E-state index is 5.17. The molecule has 1 aliphatic carbocycles. The van der Waals surface area contributed by atoms with Crippen LogP contribution in [0.5, 0.6) is 0 Å². The normalized spacial score (nSPS) is 29.6. The van der Waals surface area contributed by atoms with E-state index in [1.165, 1.54) is 25.0 Å². The standard InChI is InChI=1S/C7H11NO.H3N/c1-2-4-7-6(3-1)5-8-9-7;/h4,6,8H,1-3,5H2;1H3. The number of hydrogen-bond donors (Lipinski definition) is 2. The molecule has 1 unspecified atom stereocenters. The third-order valence-corrected chi connectivity index (χ3v) is 2.02. The van der Waals surface area contributed by atoms with Gasteiger partial charge in [-0.3, -0.25) is 0 Å². The van der Waals surface area contributed by atoms with Crippen molar-refractivity contribution in [2.24, 2.45) is 5.92 Å². The molecule has 10 heavy (non-hydrogen) atoms. The minimum atomic E-state index is 0. The Balaban J connectivity index is 0.000000500. The predicted octanol–water partition coefficient (Wildman–Crippen LogP) is 1.37. The van der Waals surface area contributed by atoms with Crippen molar-refractivity contribution in [1.29, 1.82) is 0 Å². The van der Waals surface area contributed by atoms with Gasteiger partial charge < -0.3 is 11.0 Å². The molecule has 0 amide bonds. The van der Waals surface area contributed by atoms with E-state index >= 15 is 0 Å². The molecule has 1 atom stereocenters. The van der Waals surface area contributed by atoms with E-state index in [-0.39, 0.29) is 6.15 Å². The van der Waals surface area contributed by atoms with Gasteiger partial charge in [0.25, 0.3) is 0 Å². The van der Waals surface area contributed by atoms with Crippen LogP contribution in [0, 0.1) is 5.92 Å². The van der Waals surface area contributed by atoms with Crippen molar-refractivity contribution < 1.29 is 4.84 Å². The molecule has 0 bridgehead atoms.